The van der Waals surface area contributed by atoms with Gasteiger partial charge in [-0.25, -0.2) is 8.42 Å². The number of sulfone groups is 1. The van der Waals surface area contributed by atoms with Crippen molar-refractivity contribution in [1.29, 1.82) is 0 Å². The van der Waals surface area contributed by atoms with E-state index in [1.54, 1.807) is 0 Å². The van der Waals surface area contributed by atoms with Gasteiger partial charge in [0.15, 0.2) is 9.84 Å². The molecule has 1 aromatic rings. The van der Waals surface area contributed by atoms with Gasteiger partial charge in [0.2, 0.25) is 5.91 Å². The fraction of sp³-hybridized carbons (Fsp3) is 0.611. The van der Waals surface area contributed by atoms with Gasteiger partial charge in [0.1, 0.15) is 0 Å². The highest BCUT2D eigenvalue weighted by atomic mass is 32.2. The number of nitrogens with one attached hydrogen (secondary N) is 1. The lowest BCUT2D eigenvalue weighted by Crippen LogP contribution is -2.48. The lowest BCUT2D eigenvalue weighted by molar-refractivity contribution is -0.122. The average molecular weight is 350 g/mol. The van der Waals surface area contributed by atoms with Crippen LogP contribution in [0.5, 0.6) is 0 Å². The van der Waals surface area contributed by atoms with Crippen molar-refractivity contribution in [2.24, 2.45) is 0 Å². The molecule has 1 saturated heterocycles. The maximum Gasteiger partial charge on any atom is 0.234 e. The summed E-state index contributed by atoms with van der Waals surface area (Å²) >= 11 is 0. The fourth-order valence-electron chi connectivity index (χ4n) is 3.77. The van der Waals surface area contributed by atoms with Gasteiger partial charge in [-0.05, 0) is 31.9 Å². The van der Waals surface area contributed by atoms with Crippen molar-refractivity contribution in [2.45, 2.75) is 37.1 Å². The molecule has 0 spiro atoms. The monoisotopic (exact) mass is 350 g/mol. The Hall–Kier alpha value is -1.40. The molecule has 3 rings (SSSR count). The molecule has 1 aromatic carbocycles. The van der Waals surface area contributed by atoms with E-state index in [0.29, 0.717) is 13.0 Å². The molecule has 5 nitrogen and oxygen atoms in total. The van der Waals surface area contributed by atoms with E-state index in [2.05, 4.69) is 17.4 Å². The van der Waals surface area contributed by atoms with Crippen LogP contribution in [-0.2, 0) is 20.0 Å². The molecule has 1 amide bonds. The van der Waals surface area contributed by atoms with Crippen LogP contribution in [0, 0.1) is 0 Å². The van der Waals surface area contributed by atoms with Gasteiger partial charge in [-0.15, -0.1) is 0 Å². The third kappa shape index (κ3) is 3.81. The van der Waals surface area contributed by atoms with E-state index in [0.717, 1.165) is 12.8 Å². The number of nitrogens with zero attached hydrogens (tertiary/aromatic N) is 1. The number of amides is 1. The van der Waals surface area contributed by atoms with E-state index < -0.39 is 9.84 Å². The molecule has 1 aliphatic heterocycles. The van der Waals surface area contributed by atoms with E-state index >= 15 is 0 Å². The Balaban J connectivity index is 1.52. The molecule has 24 heavy (non-hydrogen) atoms. The zero-order valence-corrected chi connectivity index (χ0v) is 15.0. The summed E-state index contributed by atoms with van der Waals surface area (Å²) in [5, 5.41) is 3.07. The highest BCUT2D eigenvalue weighted by Crippen LogP contribution is 2.43. The molecule has 1 aliphatic carbocycles. The number of benzene rings is 1. The number of hydrogen-bond donors (Lipinski definition) is 1. The summed E-state index contributed by atoms with van der Waals surface area (Å²) in [6, 6.07) is 10.4. The summed E-state index contributed by atoms with van der Waals surface area (Å²) in [6.07, 6.45) is 4.03. The van der Waals surface area contributed by atoms with Crippen LogP contribution in [0.1, 0.15) is 31.2 Å². The van der Waals surface area contributed by atoms with Crippen molar-refractivity contribution in [2.75, 3.05) is 31.6 Å². The van der Waals surface area contributed by atoms with E-state index in [9.17, 15) is 13.2 Å². The molecule has 1 saturated carbocycles. The van der Waals surface area contributed by atoms with Gasteiger partial charge in [-0.1, -0.05) is 36.8 Å². The van der Waals surface area contributed by atoms with E-state index in [1.165, 1.54) is 12.0 Å². The Bertz CT molecular complexity index is 683. The summed E-state index contributed by atoms with van der Waals surface area (Å²) in [4.78, 5) is 14.2. The topological polar surface area (TPSA) is 66.5 Å². The molecule has 0 radical (unpaired) electrons. The fourth-order valence-corrected chi connectivity index (χ4v) is 5.57. The van der Waals surface area contributed by atoms with Crippen molar-refractivity contribution in [3.05, 3.63) is 35.9 Å². The molecule has 6 heteroatoms. The van der Waals surface area contributed by atoms with Gasteiger partial charge < -0.3 is 5.32 Å². The molecule has 1 heterocycles. The molecule has 1 atom stereocenters. The van der Waals surface area contributed by atoms with Gasteiger partial charge in [-0.2, -0.15) is 0 Å². The summed E-state index contributed by atoms with van der Waals surface area (Å²) in [5.41, 5.74) is 1.37. The summed E-state index contributed by atoms with van der Waals surface area (Å²) in [7, 11) is -1.08. The quantitative estimate of drug-likeness (QED) is 0.841. The summed E-state index contributed by atoms with van der Waals surface area (Å²) < 4.78 is 23.1. The largest absolute Gasteiger partial charge is 0.354 e. The predicted octanol–water partition coefficient (Wildman–Crippen LogP) is 1.34. The van der Waals surface area contributed by atoms with Crippen LogP contribution in [0.4, 0.5) is 0 Å². The van der Waals surface area contributed by atoms with Gasteiger partial charge in [-0.3, -0.25) is 9.69 Å². The van der Waals surface area contributed by atoms with Gasteiger partial charge in [0.05, 0.1) is 18.1 Å². The normalized spacial score (nSPS) is 24.5. The first-order valence-electron chi connectivity index (χ1n) is 8.63. The number of carbonyl (C=O) groups is 1. The third-order valence-electron chi connectivity index (χ3n) is 5.55. The van der Waals surface area contributed by atoms with Gasteiger partial charge in [0, 0.05) is 18.0 Å². The van der Waals surface area contributed by atoms with Crippen molar-refractivity contribution in [3.8, 4) is 0 Å². The van der Waals surface area contributed by atoms with Crippen molar-refractivity contribution in [3.63, 3.8) is 0 Å². The smallest absolute Gasteiger partial charge is 0.234 e. The maximum atomic E-state index is 12.3. The Morgan fingerprint density at radius 2 is 2.00 bits per heavy atom. The zero-order valence-electron chi connectivity index (χ0n) is 14.2. The predicted molar refractivity (Wildman–Crippen MR) is 94.7 cm³/mol. The third-order valence-corrected chi connectivity index (χ3v) is 7.30. The minimum Gasteiger partial charge on any atom is -0.354 e. The number of likely N-dealkylation sites (N-methyl/N-ethyl adjacent to an activating group) is 1. The zero-order chi connectivity index (χ0) is 17.2. The first-order chi connectivity index (χ1) is 11.4. The summed E-state index contributed by atoms with van der Waals surface area (Å²) in [5.74, 6) is 0.384. The Morgan fingerprint density at radius 1 is 1.29 bits per heavy atom. The molecule has 0 bridgehead atoms. The Labute approximate surface area is 144 Å². The Morgan fingerprint density at radius 3 is 2.54 bits per heavy atom. The maximum absolute atomic E-state index is 12.3. The van der Waals surface area contributed by atoms with Gasteiger partial charge >= 0.3 is 0 Å². The molecular formula is C18H26N2O3S. The molecule has 1 unspecified atom stereocenters. The van der Waals surface area contributed by atoms with E-state index in [-0.39, 0.29) is 35.4 Å². The second-order valence-corrected chi connectivity index (χ2v) is 9.48. The first kappa shape index (κ1) is 17.4. The average Bonchev–Trinajstić information content (AvgIpc) is 2.87. The number of carbonyl (C=O) groups excluding carboxylic acids is 1. The van der Waals surface area contributed by atoms with E-state index in [1.807, 2.05) is 30.1 Å². The lowest BCUT2D eigenvalue weighted by atomic mass is 9.64. The minimum atomic E-state index is -2.92. The van der Waals surface area contributed by atoms with Crippen LogP contribution in [-0.4, -0.2) is 56.9 Å². The Kier molecular flexibility index (Phi) is 4.97. The molecular weight excluding hydrogens is 324 g/mol. The molecule has 1 N–H and O–H groups in total. The van der Waals surface area contributed by atoms with E-state index in [4.69, 9.17) is 0 Å². The number of rotatable bonds is 6. The van der Waals surface area contributed by atoms with Crippen molar-refractivity contribution in [1.82, 2.24) is 10.2 Å². The van der Waals surface area contributed by atoms with Crippen LogP contribution in [0.2, 0.25) is 0 Å². The summed E-state index contributed by atoms with van der Waals surface area (Å²) in [6.45, 7) is 0.914. The van der Waals surface area contributed by atoms with Crippen LogP contribution < -0.4 is 5.32 Å². The van der Waals surface area contributed by atoms with Crippen molar-refractivity contribution >= 4 is 15.7 Å². The van der Waals surface area contributed by atoms with Crippen molar-refractivity contribution < 1.29 is 13.2 Å². The standard InChI is InChI=1S/C18H26N2O3S/c1-20(16-8-11-24(22,23)13-16)12-17(21)19-14-18(9-5-10-18)15-6-3-2-4-7-15/h2-4,6-7,16H,5,8-14H2,1H3,(H,19,21). The minimum absolute atomic E-state index is 0.0241. The van der Waals surface area contributed by atoms with Crippen LogP contribution in [0.25, 0.3) is 0 Å². The second-order valence-electron chi connectivity index (χ2n) is 7.25. The SMILES string of the molecule is CN(CC(=O)NCC1(c2ccccc2)CCC1)C1CCS(=O)(=O)C1. The van der Waals surface area contributed by atoms with Crippen LogP contribution >= 0.6 is 0 Å². The highest BCUT2D eigenvalue weighted by molar-refractivity contribution is 7.91. The molecule has 0 aromatic heterocycles. The van der Waals surface area contributed by atoms with Crippen LogP contribution in [0.15, 0.2) is 30.3 Å². The lowest BCUT2D eigenvalue weighted by Gasteiger charge is -2.42. The molecule has 132 valence electrons. The molecule has 2 fully saturated rings. The first-order valence-corrected chi connectivity index (χ1v) is 10.5. The van der Waals surface area contributed by atoms with Gasteiger partial charge in [0.25, 0.3) is 0 Å². The highest BCUT2D eigenvalue weighted by Gasteiger charge is 2.39. The van der Waals surface area contributed by atoms with Crippen LogP contribution in [0.3, 0.4) is 0 Å². The molecule has 2 aliphatic rings. The second kappa shape index (κ2) is 6.84. The number of hydrogen-bond acceptors (Lipinski definition) is 4.